The third kappa shape index (κ3) is 3.22. The summed E-state index contributed by atoms with van der Waals surface area (Å²) in [6, 6.07) is 2.32. The fourth-order valence-corrected chi connectivity index (χ4v) is 3.51. The molecule has 5 nitrogen and oxygen atoms in total. The second-order valence-corrected chi connectivity index (χ2v) is 6.57. The van der Waals surface area contributed by atoms with E-state index in [-0.39, 0.29) is 11.8 Å². The summed E-state index contributed by atoms with van der Waals surface area (Å²) < 4.78 is 2.02. The molecule has 0 amide bonds. The molecule has 1 aliphatic rings. The number of nitrogens with two attached hydrogens (primary N) is 1. The van der Waals surface area contributed by atoms with Crippen molar-refractivity contribution in [3.63, 3.8) is 0 Å². The van der Waals surface area contributed by atoms with Crippen LogP contribution in [-0.4, -0.2) is 20.5 Å². The van der Waals surface area contributed by atoms with Crippen LogP contribution in [0.2, 0.25) is 0 Å². The van der Waals surface area contributed by atoms with Crippen LogP contribution in [0.1, 0.15) is 65.9 Å². The van der Waals surface area contributed by atoms with Gasteiger partial charge in [0.15, 0.2) is 5.78 Å². The molecule has 0 radical (unpaired) electrons. The van der Waals surface area contributed by atoms with E-state index in [1.165, 1.54) is 37.0 Å². The lowest BCUT2D eigenvalue weighted by Gasteiger charge is -2.08. The molecule has 21 heavy (non-hydrogen) atoms. The molecule has 2 heterocycles. The van der Waals surface area contributed by atoms with Gasteiger partial charge in [-0.05, 0) is 25.8 Å². The van der Waals surface area contributed by atoms with Crippen molar-refractivity contribution in [3.05, 3.63) is 34.0 Å². The molecule has 1 aliphatic carbocycles. The Morgan fingerprint density at radius 3 is 2.95 bits per heavy atom. The van der Waals surface area contributed by atoms with Crippen molar-refractivity contribution in [2.24, 2.45) is 5.73 Å². The van der Waals surface area contributed by atoms with Crippen molar-refractivity contribution in [1.82, 2.24) is 14.8 Å². The summed E-state index contributed by atoms with van der Waals surface area (Å²) in [5.74, 6) is 0.00909. The Hall–Kier alpha value is -1.53. The summed E-state index contributed by atoms with van der Waals surface area (Å²) in [4.78, 5) is 16.5. The lowest BCUT2D eigenvalue weighted by Crippen LogP contribution is -2.09. The van der Waals surface area contributed by atoms with Crippen molar-refractivity contribution in [2.75, 3.05) is 0 Å². The summed E-state index contributed by atoms with van der Waals surface area (Å²) in [6.07, 6.45) is 7.24. The van der Waals surface area contributed by atoms with Crippen LogP contribution in [0.15, 0.2) is 17.6 Å². The van der Waals surface area contributed by atoms with Gasteiger partial charge in [-0.1, -0.05) is 12.8 Å². The largest absolute Gasteiger partial charge is 0.322 e. The molecule has 1 unspecified atom stereocenters. The molecule has 3 rings (SSSR count). The van der Waals surface area contributed by atoms with E-state index < -0.39 is 0 Å². The van der Waals surface area contributed by atoms with E-state index in [0.29, 0.717) is 18.2 Å². The lowest BCUT2D eigenvalue weighted by molar-refractivity contribution is 0.0987. The molecule has 2 aromatic heterocycles. The maximum atomic E-state index is 12.2. The average molecular weight is 304 g/mol. The fraction of sp³-hybridized carbons (Fsp3) is 0.533. The second kappa shape index (κ2) is 6.07. The first-order chi connectivity index (χ1) is 10.1. The third-order valence-electron chi connectivity index (χ3n) is 3.90. The highest BCUT2D eigenvalue weighted by molar-refractivity contribution is 7.09. The minimum Gasteiger partial charge on any atom is -0.322 e. The molecule has 0 spiro atoms. The molecule has 0 saturated heterocycles. The van der Waals surface area contributed by atoms with Gasteiger partial charge in [0, 0.05) is 11.6 Å². The second-order valence-electron chi connectivity index (χ2n) is 5.68. The van der Waals surface area contributed by atoms with Gasteiger partial charge in [-0.25, -0.2) is 4.98 Å². The third-order valence-corrected chi connectivity index (χ3v) is 4.95. The van der Waals surface area contributed by atoms with E-state index in [9.17, 15) is 4.79 Å². The summed E-state index contributed by atoms with van der Waals surface area (Å²) in [5.41, 5.74) is 7.10. The molecule has 1 saturated carbocycles. The smallest absolute Gasteiger partial charge is 0.188 e. The molecule has 1 fully saturated rings. The van der Waals surface area contributed by atoms with Gasteiger partial charge in [0.25, 0.3) is 0 Å². The number of ketones is 1. The van der Waals surface area contributed by atoms with Crippen LogP contribution in [0.3, 0.4) is 0 Å². The maximum absolute atomic E-state index is 12.2. The van der Waals surface area contributed by atoms with Crippen LogP contribution in [-0.2, 0) is 6.42 Å². The zero-order chi connectivity index (χ0) is 14.8. The Bertz CT molecular complexity index is 625. The zero-order valence-corrected chi connectivity index (χ0v) is 13.0. The molecule has 2 aromatic rings. The number of aromatic nitrogens is 3. The van der Waals surface area contributed by atoms with Gasteiger partial charge in [-0.2, -0.15) is 5.10 Å². The number of carbonyl (C=O) groups is 1. The van der Waals surface area contributed by atoms with Crippen LogP contribution < -0.4 is 5.73 Å². The predicted octanol–water partition coefficient (Wildman–Crippen LogP) is 2.90. The number of hydrogen-bond acceptors (Lipinski definition) is 5. The van der Waals surface area contributed by atoms with Crippen LogP contribution in [0.4, 0.5) is 0 Å². The van der Waals surface area contributed by atoms with Crippen molar-refractivity contribution in [3.8, 4) is 0 Å². The Balaban J connectivity index is 1.66. The Kier molecular flexibility index (Phi) is 4.17. The standard InChI is InChI=1S/C15H20N4OS/c1-10(16)15-17-13(9-21-15)14(20)8-11-6-7-19(18-11)12-4-2-3-5-12/h6-7,9-10,12H,2-5,8,16H2,1H3. The van der Waals surface area contributed by atoms with Gasteiger partial charge < -0.3 is 5.73 Å². The molecular formula is C15H20N4OS. The number of thiazole rings is 1. The minimum atomic E-state index is -0.127. The minimum absolute atomic E-state index is 0.00909. The first kappa shape index (κ1) is 14.4. The molecule has 0 aliphatic heterocycles. The molecule has 0 bridgehead atoms. The van der Waals surface area contributed by atoms with Crippen molar-refractivity contribution in [2.45, 2.75) is 51.1 Å². The van der Waals surface area contributed by atoms with Crippen LogP contribution in [0.5, 0.6) is 0 Å². The topological polar surface area (TPSA) is 73.8 Å². The van der Waals surface area contributed by atoms with Gasteiger partial charge in [-0.3, -0.25) is 9.48 Å². The molecular weight excluding hydrogens is 284 g/mol. The van der Waals surface area contributed by atoms with Crippen LogP contribution in [0, 0.1) is 0 Å². The monoisotopic (exact) mass is 304 g/mol. The number of nitrogens with zero attached hydrogens (tertiary/aromatic N) is 3. The van der Waals surface area contributed by atoms with Crippen molar-refractivity contribution in [1.29, 1.82) is 0 Å². The van der Waals surface area contributed by atoms with Crippen LogP contribution in [0.25, 0.3) is 0 Å². The number of hydrogen-bond donors (Lipinski definition) is 1. The van der Waals surface area contributed by atoms with E-state index in [1.807, 2.05) is 23.9 Å². The number of Topliss-reactive ketones (excluding diaryl/α,β-unsaturated/α-hetero) is 1. The zero-order valence-electron chi connectivity index (χ0n) is 12.2. The van der Waals surface area contributed by atoms with E-state index in [2.05, 4.69) is 10.1 Å². The SMILES string of the molecule is CC(N)c1nc(C(=O)Cc2ccn(C3CCCC3)n2)cs1. The highest BCUT2D eigenvalue weighted by Crippen LogP contribution is 2.28. The lowest BCUT2D eigenvalue weighted by atomic mass is 10.2. The molecule has 0 aromatic carbocycles. The van der Waals surface area contributed by atoms with Crippen LogP contribution >= 0.6 is 11.3 Å². The Morgan fingerprint density at radius 2 is 2.29 bits per heavy atom. The highest BCUT2D eigenvalue weighted by Gasteiger charge is 2.19. The summed E-state index contributed by atoms with van der Waals surface area (Å²) in [5, 5.41) is 7.13. The van der Waals surface area contributed by atoms with E-state index in [0.717, 1.165) is 10.7 Å². The number of carbonyl (C=O) groups excluding carboxylic acids is 1. The first-order valence-electron chi connectivity index (χ1n) is 7.41. The average Bonchev–Trinajstić information content (AvgIpc) is 3.19. The highest BCUT2D eigenvalue weighted by atomic mass is 32.1. The molecule has 1 atom stereocenters. The van der Waals surface area contributed by atoms with Gasteiger partial charge >= 0.3 is 0 Å². The first-order valence-corrected chi connectivity index (χ1v) is 8.29. The molecule has 112 valence electrons. The Morgan fingerprint density at radius 1 is 1.52 bits per heavy atom. The van der Waals surface area contributed by atoms with Gasteiger partial charge in [0.2, 0.25) is 0 Å². The van der Waals surface area contributed by atoms with E-state index >= 15 is 0 Å². The van der Waals surface area contributed by atoms with Gasteiger partial charge in [0.05, 0.1) is 24.2 Å². The van der Waals surface area contributed by atoms with Gasteiger partial charge in [0.1, 0.15) is 10.7 Å². The normalized spacial score (nSPS) is 17.2. The molecule has 2 N–H and O–H groups in total. The fourth-order valence-electron chi connectivity index (χ4n) is 2.72. The quantitative estimate of drug-likeness (QED) is 0.862. The van der Waals surface area contributed by atoms with Crippen molar-refractivity contribution < 1.29 is 4.79 Å². The van der Waals surface area contributed by atoms with Gasteiger partial charge in [-0.15, -0.1) is 11.3 Å². The summed E-state index contributed by atoms with van der Waals surface area (Å²) in [7, 11) is 0. The number of rotatable bonds is 5. The Labute approximate surface area is 128 Å². The summed E-state index contributed by atoms with van der Waals surface area (Å²) >= 11 is 1.44. The predicted molar refractivity (Wildman–Crippen MR) is 82.5 cm³/mol. The van der Waals surface area contributed by atoms with E-state index in [4.69, 9.17) is 5.73 Å². The van der Waals surface area contributed by atoms with Crippen molar-refractivity contribution >= 4 is 17.1 Å². The maximum Gasteiger partial charge on any atom is 0.188 e. The molecule has 6 heteroatoms. The van der Waals surface area contributed by atoms with E-state index in [1.54, 1.807) is 5.38 Å². The summed E-state index contributed by atoms with van der Waals surface area (Å²) in [6.45, 7) is 1.87.